The van der Waals surface area contributed by atoms with E-state index in [2.05, 4.69) is 5.10 Å². The molecule has 0 unspecified atom stereocenters. The van der Waals surface area contributed by atoms with Crippen molar-refractivity contribution in [2.45, 2.75) is 6.54 Å². The van der Waals surface area contributed by atoms with Crippen LogP contribution >= 0.6 is 11.6 Å². The van der Waals surface area contributed by atoms with Crippen LogP contribution in [0.25, 0.3) is 11.3 Å². The van der Waals surface area contributed by atoms with Crippen molar-refractivity contribution in [3.63, 3.8) is 0 Å². The molecule has 7 nitrogen and oxygen atoms in total. The molecule has 0 bridgehead atoms. The number of carbonyl (C=O) groups is 1. The number of ether oxygens (including phenoxy) is 1. The van der Waals surface area contributed by atoms with Crippen LogP contribution in [0, 0.1) is 10.1 Å². The molecule has 0 radical (unpaired) electrons. The quantitative estimate of drug-likeness (QED) is 0.385. The summed E-state index contributed by atoms with van der Waals surface area (Å²) >= 11 is 6.21. The molecule has 2 aromatic carbocycles. The van der Waals surface area contributed by atoms with Gasteiger partial charge in [-0.15, -0.1) is 0 Å². The molecule has 132 valence electrons. The Morgan fingerprint density at radius 2 is 2.00 bits per heavy atom. The van der Waals surface area contributed by atoms with Gasteiger partial charge in [0.1, 0.15) is 0 Å². The predicted octanol–water partition coefficient (Wildman–Crippen LogP) is 3.95. The van der Waals surface area contributed by atoms with Gasteiger partial charge >= 0.3 is 5.97 Å². The molecule has 1 aromatic heterocycles. The summed E-state index contributed by atoms with van der Waals surface area (Å²) in [6.07, 6.45) is 0. The maximum absolute atomic E-state index is 11.9. The van der Waals surface area contributed by atoms with Crippen LogP contribution in [-0.2, 0) is 11.3 Å². The van der Waals surface area contributed by atoms with Crippen LogP contribution in [0.5, 0.6) is 0 Å². The van der Waals surface area contributed by atoms with E-state index in [4.69, 9.17) is 16.3 Å². The molecule has 0 aliphatic rings. The highest BCUT2D eigenvalue weighted by Crippen LogP contribution is 2.27. The first-order chi connectivity index (χ1) is 12.5. The van der Waals surface area contributed by atoms with Crippen molar-refractivity contribution in [1.82, 2.24) is 9.78 Å². The van der Waals surface area contributed by atoms with Gasteiger partial charge in [0.25, 0.3) is 5.69 Å². The summed E-state index contributed by atoms with van der Waals surface area (Å²) in [7, 11) is 1.27. The van der Waals surface area contributed by atoms with Crippen molar-refractivity contribution in [2.24, 2.45) is 0 Å². The Morgan fingerprint density at radius 1 is 1.23 bits per heavy atom. The lowest BCUT2D eigenvalue weighted by molar-refractivity contribution is -0.384. The van der Waals surface area contributed by atoms with Crippen LogP contribution in [0.4, 0.5) is 5.69 Å². The molecular formula is C18H14ClN3O4. The van der Waals surface area contributed by atoms with E-state index in [1.807, 2.05) is 18.2 Å². The number of hydrogen-bond donors (Lipinski definition) is 0. The molecule has 0 N–H and O–H groups in total. The fraction of sp³-hybridized carbons (Fsp3) is 0.111. The van der Waals surface area contributed by atoms with Crippen molar-refractivity contribution in [1.29, 1.82) is 0 Å². The largest absolute Gasteiger partial charge is 0.464 e. The molecule has 26 heavy (non-hydrogen) atoms. The average molecular weight is 372 g/mol. The zero-order chi connectivity index (χ0) is 18.7. The second-order valence-corrected chi connectivity index (χ2v) is 5.87. The Balaban J connectivity index is 2.10. The second kappa shape index (κ2) is 7.37. The second-order valence-electron chi connectivity index (χ2n) is 5.46. The number of rotatable bonds is 5. The van der Waals surface area contributed by atoms with Gasteiger partial charge in [0, 0.05) is 22.7 Å². The van der Waals surface area contributed by atoms with Gasteiger partial charge in [-0.05, 0) is 17.7 Å². The van der Waals surface area contributed by atoms with Crippen LogP contribution in [0.3, 0.4) is 0 Å². The standard InChI is InChI=1S/C18H14ClN3O4/c1-26-18(23)16-10-17(12-6-4-7-14(9-12)22(24)25)21(20-16)11-13-5-2-3-8-15(13)19/h2-10H,11H2,1H3. The number of non-ortho nitro benzene ring substituents is 1. The van der Waals surface area contributed by atoms with E-state index in [0.29, 0.717) is 22.8 Å². The number of nitro benzene ring substituents is 1. The van der Waals surface area contributed by atoms with Gasteiger partial charge in [-0.2, -0.15) is 5.10 Å². The Morgan fingerprint density at radius 3 is 2.69 bits per heavy atom. The van der Waals surface area contributed by atoms with Crippen LogP contribution in [-0.4, -0.2) is 27.8 Å². The Labute approximate surface area is 153 Å². The minimum Gasteiger partial charge on any atom is -0.464 e. The van der Waals surface area contributed by atoms with E-state index in [1.54, 1.807) is 28.9 Å². The molecule has 0 fully saturated rings. The maximum atomic E-state index is 11.9. The summed E-state index contributed by atoms with van der Waals surface area (Å²) in [6, 6.07) is 14.9. The summed E-state index contributed by atoms with van der Waals surface area (Å²) in [6.45, 7) is 0.300. The lowest BCUT2D eigenvalue weighted by Crippen LogP contribution is -2.07. The van der Waals surface area contributed by atoms with Crippen molar-refractivity contribution in [3.05, 3.63) is 81.0 Å². The van der Waals surface area contributed by atoms with Gasteiger partial charge in [-0.25, -0.2) is 4.79 Å². The molecule has 0 saturated heterocycles. The Kier molecular flexibility index (Phi) is 4.99. The summed E-state index contributed by atoms with van der Waals surface area (Å²) in [4.78, 5) is 22.5. The molecule has 0 aliphatic carbocycles. The van der Waals surface area contributed by atoms with Gasteiger partial charge in [0.05, 0.1) is 24.3 Å². The monoisotopic (exact) mass is 371 g/mol. The molecule has 0 atom stereocenters. The van der Waals surface area contributed by atoms with E-state index in [1.165, 1.54) is 19.2 Å². The van der Waals surface area contributed by atoms with Crippen LogP contribution in [0.15, 0.2) is 54.6 Å². The number of nitrogens with zero attached hydrogens (tertiary/aromatic N) is 3. The van der Waals surface area contributed by atoms with E-state index >= 15 is 0 Å². The van der Waals surface area contributed by atoms with Gasteiger partial charge < -0.3 is 4.74 Å². The minimum absolute atomic E-state index is 0.0485. The van der Waals surface area contributed by atoms with Crippen LogP contribution < -0.4 is 0 Å². The summed E-state index contributed by atoms with van der Waals surface area (Å²) in [5, 5.41) is 15.9. The average Bonchev–Trinajstić information content (AvgIpc) is 3.07. The molecule has 0 aliphatic heterocycles. The first-order valence-electron chi connectivity index (χ1n) is 7.64. The first-order valence-corrected chi connectivity index (χ1v) is 8.02. The number of nitro groups is 1. The van der Waals surface area contributed by atoms with Crippen LogP contribution in [0.2, 0.25) is 5.02 Å². The fourth-order valence-electron chi connectivity index (χ4n) is 2.54. The molecule has 1 heterocycles. The molecule has 3 rings (SSSR count). The Hall–Kier alpha value is -3.19. The van der Waals surface area contributed by atoms with Gasteiger partial charge in [-0.3, -0.25) is 14.8 Å². The first kappa shape index (κ1) is 17.6. The third-order valence-electron chi connectivity index (χ3n) is 3.81. The van der Waals surface area contributed by atoms with Crippen LogP contribution in [0.1, 0.15) is 16.1 Å². The predicted molar refractivity (Wildman–Crippen MR) is 96.2 cm³/mol. The van der Waals surface area contributed by atoms with E-state index in [0.717, 1.165) is 5.56 Å². The number of aromatic nitrogens is 2. The van der Waals surface area contributed by atoms with E-state index < -0.39 is 10.9 Å². The van der Waals surface area contributed by atoms with Gasteiger partial charge in [-0.1, -0.05) is 41.9 Å². The van der Waals surface area contributed by atoms with Gasteiger partial charge in [0.2, 0.25) is 0 Å². The fourth-order valence-corrected chi connectivity index (χ4v) is 2.74. The highest BCUT2D eigenvalue weighted by molar-refractivity contribution is 6.31. The van der Waals surface area contributed by atoms with Crippen molar-refractivity contribution in [3.8, 4) is 11.3 Å². The van der Waals surface area contributed by atoms with Crippen molar-refractivity contribution in [2.75, 3.05) is 7.11 Å². The lowest BCUT2D eigenvalue weighted by atomic mass is 10.1. The third-order valence-corrected chi connectivity index (χ3v) is 4.17. The molecule has 0 amide bonds. The zero-order valence-corrected chi connectivity index (χ0v) is 14.5. The zero-order valence-electron chi connectivity index (χ0n) is 13.8. The number of carbonyl (C=O) groups excluding carboxylic acids is 1. The van der Waals surface area contributed by atoms with Crippen molar-refractivity contribution < 1.29 is 14.5 Å². The number of benzene rings is 2. The molecule has 0 saturated carbocycles. The normalized spacial score (nSPS) is 10.5. The number of esters is 1. The smallest absolute Gasteiger partial charge is 0.358 e. The minimum atomic E-state index is -0.588. The SMILES string of the molecule is COC(=O)c1cc(-c2cccc([N+](=O)[O-])c2)n(Cc2ccccc2Cl)n1. The van der Waals surface area contributed by atoms with E-state index in [9.17, 15) is 14.9 Å². The summed E-state index contributed by atoms with van der Waals surface area (Å²) < 4.78 is 6.30. The highest BCUT2D eigenvalue weighted by atomic mass is 35.5. The molecular weight excluding hydrogens is 358 g/mol. The highest BCUT2D eigenvalue weighted by Gasteiger charge is 2.18. The summed E-state index contributed by atoms with van der Waals surface area (Å²) in [5.41, 5.74) is 1.98. The third kappa shape index (κ3) is 3.57. The van der Waals surface area contributed by atoms with E-state index in [-0.39, 0.29) is 11.4 Å². The topological polar surface area (TPSA) is 87.3 Å². The molecule has 3 aromatic rings. The van der Waals surface area contributed by atoms with Gasteiger partial charge in [0.15, 0.2) is 5.69 Å². The number of halogens is 1. The Bertz CT molecular complexity index is 984. The summed E-state index contributed by atoms with van der Waals surface area (Å²) in [5.74, 6) is -0.588. The molecule has 8 heteroatoms. The number of hydrogen-bond acceptors (Lipinski definition) is 5. The lowest BCUT2D eigenvalue weighted by Gasteiger charge is -2.09. The number of methoxy groups -OCH3 is 1. The van der Waals surface area contributed by atoms with Crippen molar-refractivity contribution >= 4 is 23.3 Å². The molecule has 0 spiro atoms. The maximum Gasteiger partial charge on any atom is 0.358 e.